The van der Waals surface area contributed by atoms with Crippen molar-refractivity contribution in [2.75, 3.05) is 11.9 Å². The van der Waals surface area contributed by atoms with Crippen LogP contribution in [0.5, 0.6) is 0 Å². The van der Waals surface area contributed by atoms with Gasteiger partial charge in [-0.3, -0.25) is 19.3 Å². The van der Waals surface area contributed by atoms with E-state index in [4.69, 9.17) is 0 Å². The zero-order chi connectivity index (χ0) is 18.8. The highest BCUT2D eigenvalue weighted by molar-refractivity contribution is 6.09. The van der Waals surface area contributed by atoms with E-state index in [1.807, 2.05) is 13.8 Å². The first kappa shape index (κ1) is 19.0. The first-order valence-corrected chi connectivity index (χ1v) is 7.95. The quantitative estimate of drug-likeness (QED) is 0.824. The minimum absolute atomic E-state index is 0.0758. The number of likely N-dealkylation sites (tertiary alicyclic amines) is 1. The van der Waals surface area contributed by atoms with E-state index in [0.717, 1.165) is 29.2 Å². The molecule has 0 saturated carbocycles. The molecule has 0 unspecified atom stereocenters. The summed E-state index contributed by atoms with van der Waals surface area (Å²) in [6.07, 6.45) is -3.37. The van der Waals surface area contributed by atoms with Gasteiger partial charge in [0, 0.05) is 12.1 Å². The number of imide groups is 1. The van der Waals surface area contributed by atoms with E-state index in [1.165, 1.54) is 0 Å². The second-order valence-corrected chi connectivity index (χ2v) is 6.07. The molecule has 136 valence electrons. The van der Waals surface area contributed by atoms with Crippen LogP contribution in [0.25, 0.3) is 0 Å². The summed E-state index contributed by atoms with van der Waals surface area (Å²) in [5, 5.41) is 2.40. The molecule has 5 nitrogen and oxygen atoms in total. The number of anilines is 1. The fraction of sp³-hybridized carbons (Fsp3) is 0.471. The Bertz CT molecular complexity index is 679. The van der Waals surface area contributed by atoms with Crippen molar-refractivity contribution in [3.8, 4) is 0 Å². The van der Waals surface area contributed by atoms with Crippen molar-refractivity contribution < 1.29 is 27.6 Å². The Labute approximate surface area is 143 Å². The lowest BCUT2D eigenvalue weighted by Gasteiger charge is -2.23. The summed E-state index contributed by atoms with van der Waals surface area (Å²) in [6, 6.07) is 3.94. The largest absolute Gasteiger partial charge is 0.416 e. The number of halogens is 3. The van der Waals surface area contributed by atoms with E-state index in [9.17, 15) is 27.6 Å². The molecular formula is C17H19F3N2O3. The van der Waals surface area contributed by atoms with Gasteiger partial charge in [0.2, 0.25) is 17.7 Å². The third-order valence-corrected chi connectivity index (χ3v) is 4.64. The van der Waals surface area contributed by atoms with Gasteiger partial charge in [-0.25, -0.2) is 0 Å². The summed E-state index contributed by atoms with van der Waals surface area (Å²) in [4.78, 5) is 37.5. The molecule has 2 rings (SSSR count). The highest BCUT2D eigenvalue weighted by Crippen LogP contribution is 2.39. The van der Waals surface area contributed by atoms with E-state index in [0.29, 0.717) is 12.8 Å². The molecule has 25 heavy (non-hydrogen) atoms. The number of carbonyl (C=O) groups excluding carboxylic acids is 3. The number of nitrogens with one attached hydrogen (secondary N) is 1. The van der Waals surface area contributed by atoms with Gasteiger partial charge in [0.1, 0.15) is 6.54 Å². The first-order chi connectivity index (χ1) is 11.6. The number of benzene rings is 1. The van der Waals surface area contributed by atoms with Crippen LogP contribution in [0.1, 0.15) is 38.7 Å². The lowest BCUT2D eigenvalue weighted by atomic mass is 9.81. The number of hydrogen-bond donors (Lipinski definition) is 1. The molecule has 0 radical (unpaired) electrons. The molecule has 0 spiro atoms. The molecule has 0 aromatic heterocycles. The average Bonchev–Trinajstić information content (AvgIpc) is 2.79. The lowest BCUT2D eigenvalue weighted by Crippen LogP contribution is -2.40. The number of hydrogen-bond acceptors (Lipinski definition) is 3. The molecule has 1 heterocycles. The highest BCUT2D eigenvalue weighted by Gasteiger charge is 2.49. The van der Waals surface area contributed by atoms with Crippen molar-refractivity contribution in [3.63, 3.8) is 0 Å². The molecule has 1 aromatic rings. The predicted octanol–water partition coefficient (Wildman–Crippen LogP) is 3.21. The van der Waals surface area contributed by atoms with E-state index >= 15 is 0 Å². The fourth-order valence-corrected chi connectivity index (χ4v) is 2.91. The molecule has 1 aliphatic rings. The van der Waals surface area contributed by atoms with Crippen LogP contribution in [-0.2, 0) is 20.6 Å². The third kappa shape index (κ3) is 3.83. The van der Waals surface area contributed by atoms with E-state index in [2.05, 4.69) is 5.32 Å². The second kappa shape index (κ2) is 6.85. The number of alkyl halides is 3. The Morgan fingerprint density at radius 1 is 1.16 bits per heavy atom. The minimum atomic E-state index is -4.46. The van der Waals surface area contributed by atoms with Crippen molar-refractivity contribution in [2.45, 2.75) is 39.3 Å². The second-order valence-electron chi connectivity index (χ2n) is 6.07. The van der Waals surface area contributed by atoms with Gasteiger partial charge in [0.05, 0.1) is 11.0 Å². The Kier molecular flexibility index (Phi) is 5.20. The fourth-order valence-electron chi connectivity index (χ4n) is 2.91. The SMILES string of the molecule is CCC1(CC)CC(=O)N(CC(=O)Nc2ccc(C(F)(F)F)cc2)C1=O. The Hall–Kier alpha value is -2.38. The maximum Gasteiger partial charge on any atom is 0.416 e. The van der Waals surface area contributed by atoms with Gasteiger partial charge in [0.15, 0.2) is 0 Å². The third-order valence-electron chi connectivity index (χ3n) is 4.64. The zero-order valence-electron chi connectivity index (χ0n) is 13.9. The van der Waals surface area contributed by atoms with Gasteiger partial charge in [-0.05, 0) is 37.1 Å². The summed E-state index contributed by atoms with van der Waals surface area (Å²) < 4.78 is 37.5. The van der Waals surface area contributed by atoms with Crippen LogP contribution in [0.2, 0.25) is 0 Å². The Morgan fingerprint density at radius 3 is 2.16 bits per heavy atom. The molecular weight excluding hydrogens is 337 g/mol. The van der Waals surface area contributed by atoms with Crippen LogP contribution in [0, 0.1) is 5.41 Å². The van der Waals surface area contributed by atoms with Gasteiger partial charge >= 0.3 is 6.18 Å². The smallest absolute Gasteiger partial charge is 0.325 e. The summed E-state index contributed by atoms with van der Waals surface area (Å²) in [5.41, 5.74) is -1.42. The highest BCUT2D eigenvalue weighted by atomic mass is 19.4. The molecule has 1 saturated heterocycles. The van der Waals surface area contributed by atoms with Crippen LogP contribution in [0.4, 0.5) is 18.9 Å². The number of amides is 3. The van der Waals surface area contributed by atoms with Crippen molar-refractivity contribution in [1.29, 1.82) is 0 Å². The predicted molar refractivity (Wildman–Crippen MR) is 84.4 cm³/mol. The minimum Gasteiger partial charge on any atom is -0.325 e. The normalized spacial score (nSPS) is 17.1. The molecule has 1 fully saturated rings. The zero-order valence-corrected chi connectivity index (χ0v) is 13.9. The molecule has 1 N–H and O–H groups in total. The van der Waals surface area contributed by atoms with Gasteiger partial charge in [-0.15, -0.1) is 0 Å². The molecule has 0 atom stereocenters. The molecule has 1 aromatic carbocycles. The van der Waals surface area contributed by atoms with E-state index in [1.54, 1.807) is 0 Å². The van der Waals surface area contributed by atoms with Crippen LogP contribution in [0.3, 0.4) is 0 Å². The van der Waals surface area contributed by atoms with Crippen molar-refractivity contribution in [2.24, 2.45) is 5.41 Å². The van der Waals surface area contributed by atoms with Crippen molar-refractivity contribution >= 4 is 23.4 Å². The average molecular weight is 356 g/mol. The van der Waals surface area contributed by atoms with Gasteiger partial charge in [-0.1, -0.05) is 13.8 Å². The summed E-state index contributed by atoms with van der Waals surface area (Å²) in [7, 11) is 0. The Morgan fingerprint density at radius 2 is 1.72 bits per heavy atom. The van der Waals surface area contributed by atoms with Gasteiger partial charge in [0.25, 0.3) is 0 Å². The number of rotatable bonds is 5. The molecule has 3 amide bonds. The number of carbonyl (C=O) groups is 3. The van der Waals surface area contributed by atoms with Crippen LogP contribution >= 0.6 is 0 Å². The first-order valence-electron chi connectivity index (χ1n) is 7.95. The topological polar surface area (TPSA) is 66.5 Å². The van der Waals surface area contributed by atoms with Gasteiger partial charge < -0.3 is 5.32 Å². The van der Waals surface area contributed by atoms with Crippen molar-refractivity contribution in [3.05, 3.63) is 29.8 Å². The monoisotopic (exact) mass is 356 g/mol. The summed E-state index contributed by atoms with van der Waals surface area (Å²) in [5.74, 6) is -1.41. The lowest BCUT2D eigenvalue weighted by molar-refractivity contribution is -0.144. The molecule has 0 bridgehead atoms. The van der Waals surface area contributed by atoms with Crippen LogP contribution in [-0.4, -0.2) is 29.2 Å². The standard InChI is InChI=1S/C17H19F3N2O3/c1-3-16(4-2)9-14(24)22(15(16)25)10-13(23)21-12-7-5-11(6-8-12)17(18,19)20/h5-8H,3-4,9-10H2,1-2H3,(H,21,23). The van der Waals surface area contributed by atoms with E-state index in [-0.39, 0.29) is 18.0 Å². The number of nitrogens with zero attached hydrogens (tertiary/aromatic N) is 1. The van der Waals surface area contributed by atoms with Crippen LogP contribution < -0.4 is 5.32 Å². The van der Waals surface area contributed by atoms with E-state index < -0.39 is 35.5 Å². The molecule has 1 aliphatic heterocycles. The van der Waals surface area contributed by atoms with Crippen LogP contribution in [0.15, 0.2) is 24.3 Å². The summed E-state index contributed by atoms with van der Waals surface area (Å²) >= 11 is 0. The molecule has 0 aliphatic carbocycles. The molecule has 8 heteroatoms. The Balaban J connectivity index is 2.03. The maximum absolute atomic E-state index is 12.5. The van der Waals surface area contributed by atoms with Crippen molar-refractivity contribution in [1.82, 2.24) is 4.90 Å². The maximum atomic E-state index is 12.5. The summed E-state index contributed by atoms with van der Waals surface area (Å²) in [6.45, 7) is 3.20. The van der Waals surface area contributed by atoms with Gasteiger partial charge in [-0.2, -0.15) is 13.2 Å².